The Kier molecular flexibility index (Phi) is 7.46. The number of nitrogens with one attached hydrogen (secondary N) is 1. The number of hydrogen-bond donors (Lipinski definition) is 1. The number of halogens is 3. The van der Waals surface area contributed by atoms with E-state index < -0.39 is 11.7 Å². The van der Waals surface area contributed by atoms with Crippen LogP contribution in [0, 0.1) is 0 Å². The third kappa shape index (κ3) is 6.90. The van der Waals surface area contributed by atoms with E-state index in [4.69, 9.17) is 0 Å². The monoisotopic (exact) mass is 433 g/mol. The minimum Gasteiger partial charge on any atom is -0.326 e. The number of carbonyl (C=O) groups is 2. The summed E-state index contributed by atoms with van der Waals surface area (Å²) >= 11 is 0. The summed E-state index contributed by atoms with van der Waals surface area (Å²) in [5.74, 6) is -0.0990. The Bertz CT molecular complexity index is 888. The highest BCUT2D eigenvalue weighted by Crippen LogP contribution is 2.29. The molecule has 2 aromatic rings. The molecule has 0 aliphatic carbocycles. The van der Waals surface area contributed by atoms with Gasteiger partial charge in [-0.3, -0.25) is 14.5 Å². The summed E-state index contributed by atoms with van der Waals surface area (Å²) in [6, 6.07) is 12.1. The van der Waals surface area contributed by atoms with Crippen molar-refractivity contribution in [2.75, 3.05) is 38.0 Å². The molecule has 1 amide bonds. The predicted molar refractivity (Wildman–Crippen MR) is 113 cm³/mol. The summed E-state index contributed by atoms with van der Waals surface area (Å²) in [4.78, 5) is 27.9. The fourth-order valence-electron chi connectivity index (χ4n) is 3.50. The molecule has 0 saturated carbocycles. The van der Waals surface area contributed by atoms with Gasteiger partial charge in [0.25, 0.3) is 0 Å². The average Bonchev–Trinajstić information content (AvgIpc) is 2.73. The van der Waals surface area contributed by atoms with Crippen LogP contribution in [0.2, 0.25) is 0 Å². The van der Waals surface area contributed by atoms with Crippen LogP contribution in [0.1, 0.15) is 34.8 Å². The van der Waals surface area contributed by atoms with Crippen LogP contribution in [0.15, 0.2) is 48.5 Å². The Hall–Kier alpha value is -2.71. The molecule has 1 aliphatic rings. The third-order valence-electron chi connectivity index (χ3n) is 5.38. The quantitative estimate of drug-likeness (QED) is 0.670. The van der Waals surface area contributed by atoms with Crippen molar-refractivity contribution in [2.45, 2.75) is 26.1 Å². The summed E-state index contributed by atoms with van der Waals surface area (Å²) in [6.45, 7) is 5.97. The largest absolute Gasteiger partial charge is 0.416 e. The van der Waals surface area contributed by atoms with Crippen molar-refractivity contribution in [2.24, 2.45) is 0 Å². The van der Waals surface area contributed by atoms with Crippen molar-refractivity contribution in [3.63, 3.8) is 0 Å². The minimum absolute atomic E-state index is 0.0182. The molecule has 5 nitrogen and oxygen atoms in total. The van der Waals surface area contributed by atoms with Crippen molar-refractivity contribution in [3.8, 4) is 0 Å². The maximum absolute atomic E-state index is 12.7. The summed E-state index contributed by atoms with van der Waals surface area (Å²) < 4.78 is 38.0. The fraction of sp³-hybridized carbons (Fsp3) is 0.391. The van der Waals surface area contributed by atoms with Crippen LogP contribution in [0.25, 0.3) is 0 Å². The maximum atomic E-state index is 12.7. The molecule has 166 valence electrons. The third-order valence-corrected chi connectivity index (χ3v) is 5.38. The molecule has 31 heavy (non-hydrogen) atoms. The first-order valence-corrected chi connectivity index (χ1v) is 10.2. The van der Waals surface area contributed by atoms with E-state index in [1.807, 2.05) is 0 Å². The van der Waals surface area contributed by atoms with Crippen molar-refractivity contribution >= 4 is 17.4 Å². The maximum Gasteiger partial charge on any atom is 0.416 e. The van der Waals surface area contributed by atoms with E-state index in [9.17, 15) is 22.8 Å². The van der Waals surface area contributed by atoms with Gasteiger partial charge in [-0.25, -0.2) is 0 Å². The Morgan fingerprint density at radius 2 is 1.48 bits per heavy atom. The Morgan fingerprint density at radius 3 is 2.03 bits per heavy atom. The SMILES string of the molecule is CC(=O)c1ccc(NC(=O)CCN2CCN(Cc3ccc(C(F)(F)F)cc3)CC2)cc1. The smallest absolute Gasteiger partial charge is 0.326 e. The Labute approximate surface area is 179 Å². The molecule has 8 heteroatoms. The van der Waals surface area contributed by atoms with E-state index in [0.29, 0.717) is 30.8 Å². The van der Waals surface area contributed by atoms with Gasteiger partial charge in [-0.05, 0) is 48.9 Å². The molecule has 1 N–H and O–H groups in total. The summed E-state index contributed by atoms with van der Waals surface area (Å²) in [7, 11) is 0. The molecule has 1 fully saturated rings. The lowest BCUT2D eigenvalue weighted by atomic mass is 10.1. The highest BCUT2D eigenvalue weighted by Gasteiger charge is 2.30. The summed E-state index contributed by atoms with van der Waals surface area (Å²) in [5, 5.41) is 2.84. The van der Waals surface area contributed by atoms with Gasteiger partial charge in [0.2, 0.25) is 5.91 Å². The van der Waals surface area contributed by atoms with Crippen LogP contribution in [0.5, 0.6) is 0 Å². The number of hydrogen-bond acceptors (Lipinski definition) is 4. The van der Waals surface area contributed by atoms with Crippen LogP contribution in [0.3, 0.4) is 0 Å². The zero-order valence-electron chi connectivity index (χ0n) is 17.4. The van der Waals surface area contributed by atoms with Crippen molar-refractivity contribution in [1.82, 2.24) is 9.80 Å². The number of anilines is 1. The zero-order valence-corrected chi connectivity index (χ0v) is 17.4. The highest BCUT2D eigenvalue weighted by atomic mass is 19.4. The molecule has 1 saturated heterocycles. The van der Waals surface area contributed by atoms with E-state index in [2.05, 4.69) is 15.1 Å². The molecule has 3 rings (SSSR count). The van der Waals surface area contributed by atoms with E-state index in [1.165, 1.54) is 19.1 Å². The van der Waals surface area contributed by atoms with Crippen LogP contribution in [-0.2, 0) is 17.5 Å². The zero-order chi connectivity index (χ0) is 22.4. The summed E-state index contributed by atoms with van der Waals surface area (Å²) in [5.41, 5.74) is 1.49. The van der Waals surface area contributed by atoms with E-state index >= 15 is 0 Å². The first-order chi connectivity index (χ1) is 14.7. The number of nitrogens with zero attached hydrogens (tertiary/aromatic N) is 2. The fourth-order valence-corrected chi connectivity index (χ4v) is 3.50. The topological polar surface area (TPSA) is 52.7 Å². The number of benzene rings is 2. The number of carbonyl (C=O) groups excluding carboxylic acids is 2. The van der Waals surface area contributed by atoms with E-state index in [-0.39, 0.29) is 11.7 Å². The Balaban J connectivity index is 1.38. The molecule has 2 aromatic carbocycles. The number of alkyl halides is 3. The van der Waals surface area contributed by atoms with E-state index in [0.717, 1.165) is 43.9 Å². The van der Waals surface area contributed by atoms with Crippen LogP contribution in [0.4, 0.5) is 18.9 Å². The summed E-state index contributed by atoms with van der Waals surface area (Å²) in [6.07, 6.45) is -3.94. The second kappa shape index (κ2) is 10.1. The standard InChI is InChI=1S/C23H26F3N3O2/c1-17(30)19-4-8-21(9-5-19)27-22(31)10-11-28-12-14-29(15-13-28)16-18-2-6-20(7-3-18)23(24,25)26/h2-9H,10-16H2,1H3,(H,27,31). The second-order valence-electron chi connectivity index (χ2n) is 7.74. The van der Waals surface area contributed by atoms with Gasteiger partial charge >= 0.3 is 6.18 Å². The van der Waals surface area contributed by atoms with Crippen molar-refractivity contribution in [1.29, 1.82) is 0 Å². The lowest BCUT2D eigenvalue weighted by Crippen LogP contribution is -2.46. The molecular weight excluding hydrogens is 407 g/mol. The average molecular weight is 433 g/mol. The molecular formula is C23H26F3N3O2. The van der Waals surface area contributed by atoms with Crippen molar-refractivity contribution in [3.05, 3.63) is 65.2 Å². The molecule has 0 spiro atoms. The van der Waals surface area contributed by atoms with Crippen LogP contribution < -0.4 is 5.32 Å². The Morgan fingerprint density at radius 1 is 0.903 bits per heavy atom. The first-order valence-electron chi connectivity index (χ1n) is 10.2. The number of amides is 1. The molecule has 0 unspecified atom stereocenters. The molecule has 0 atom stereocenters. The van der Waals surface area contributed by atoms with Gasteiger partial charge in [-0.15, -0.1) is 0 Å². The molecule has 0 aromatic heterocycles. The van der Waals surface area contributed by atoms with Crippen molar-refractivity contribution < 1.29 is 22.8 Å². The van der Waals surface area contributed by atoms with Gasteiger partial charge in [-0.2, -0.15) is 13.2 Å². The normalized spacial score (nSPS) is 15.6. The molecule has 0 bridgehead atoms. The lowest BCUT2D eigenvalue weighted by molar-refractivity contribution is -0.137. The number of piperazine rings is 1. The molecule has 1 aliphatic heterocycles. The molecule has 0 radical (unpaired) electrons. The van der Waals surface area contributed by atoms with Gasteiger partial charge in [0, 0.05) is 56.9 Å². The van der Waals surface area contributed by atoms with Crippen LogP contribution in [-0.4, -0.2) is 54.2 Å². The molecule has 1 heterocycles. The van der Waals surface area contributed by atoms with Gasteiger partial charge in [-0.1, -0.05) is 12.1 Å². The minimum atomic E-state index is -4.31. The van der Waals surface area contributed by atoms with Gasteiger partial charge < -0.3 is 10.2 Å². The first kappa shape index (κ1) is 23.0. The van der Waals surface area contributed by atoms with Crippen LogP contribution >= 0.6 is 0 Å². The second-order valence-corrected chi connectivity index (χ2v) is 7.74. The number of rotatable bonds is 7. The van der Waals surface area contributed by atoms with Gasteiger partial charge in [0.05, 0.1) is 5.56 Å². The lowest BCUT2D eigenvalue weighted by Gasteiger charge is -2.34. The van der Waals surface area contributed by atoms with Gasteiger partial charge in [0.1, 0.15) is 0 Å². The highest BCUT2D eigenvalue weighted by molar-refractivity contribution is 5.95. The predicted octanol–water partition coefficient (Wildman–Crippen LogP) is 4.05. The number of Topliss-reactive ketones (excluding diaryl/α,β-unsaturated/α-hetero) is 1. The van der Waals surface area contributed by atoms with Gasteiger partial charge in [0.15, 0.2) is 5.78 Å². The van der Waals surface area contributed by atoms with E-state index in [1.54, 1.807) is 24.3 Å². The number of ketones is 1.